The number of nitrogens with one attached hydrogen (secondary N) is 1. The maximum atomic E-state index is 13.9. The van der Waals surface area contributed by atoms with Crippen LogP contribution in [0, 0.1) is 5.82 Å². The summed E-state index contributed by atoms with van der Waals surface area (Å²) in [6, 6.07) is 10.0. The molecule has 6 nitrogen and oxygen atoms in total. The summed E-state index contributed by atoms with van der Waals surface area (Å²) in [5.41, 5.74) is 1.74. The summed E-state index contributed by atoms with van der Waals surface area (Å²) < 4.78 is 13.9. The average Bonchev–Trinajstić information content (AvgIpc) is 2.77. The number of carbonyl (C=O) groups excluding carboxylic acids is 2. The van der Waals surface area contributed by atoms with Gasteiger partial charge in [-0.15, -0.1) is 11.8 Å². The van der Waals surface area contributed by atoms with Crippen LogP contribution in [0.4, 0.5) is 4.39 Å². The smallest absolute Gasteiger partial charge is 0.246 e. The van der Waals surface area contributed by atoms with Crippen LogP contribution in [0.5, 0.6) is 0 Å². The number of amides is 2. The van der Waals surface area contributed by atoms with E-state index >= 15 is 0 Å². The number of hydrogen-bond acceptors (Lipinski definition) is 5. The van der Waals surface area contributed by atoms with E-state index in [-0.39, 0.29) is 22.9 Å². The van der Waals surface area contributed by atoms with E-state index in [1.54, 1.807) is 30.6 Å². The zero-order chi connectivity index (χ0) is 20.9. The highest BCUT2D eigenvalue weighted by Crippen LogP contribution is 2.24. The molecule has 0 bridgehead atoms. The fourth-order valence-electron chi connectivity index (χ4n) is 3.84. The molecule has 158 valence electrons. The summed E-state index contributed by atoms with van der Waals surface area (Å²) in [7, 11) is 0. The van der Waals surface area contributed by atoms with Gasteiger partial charge in [0.1, 0.15) is 11.9 Å². The molecule has 0 unspecified atom stereocenters. The molecule has 1 aromatic carbocycles. The Bertz CT molecular complexity index is 890. The molecule has 30 heavy (non-hydrogen) atoms. The number of pyridine rings is 1. The van der Waals surface area contributed by atoms with Crippen molar-refractivity contribution in [1.82, 2.24) is 20.1 Å². The molecule has 2 aliphatic heterocycles. The third kappa shape index (κ3) is 4.99. The third-order valence-electron chi connectivity index (χ3n) is 5.57. The molecule has 2 saturated heterocycles. The van der Waals surface area contributed by atoms with Crippen molar-refractivity contribution in [2.45, 2.75) is 24.3 Å². The number of nitrogens with zero attached hydrogens (tertiary/aromatic N) is 3. The van der Waals surface area contributed by atoms with Crippen LogP contribution in [-0.4, -0.2) is 69.8 Å². The van der Waals surface area contributed by atoms with Gasteiger partial charge >= 0.3 is 0 Å². The predicted molar refractivity (Wildman–Crippen MR) is 114 cm³/mol. The monoisotopic (exact) mass is 428 g/mol. The van der Waals surface area contributed by atoms with Gasteiger partial charge in [-0.3, -0.25) is 19.5 Å². The molecule has 4 rings (SSSR count). The Morgan fingerprint density at radius 2 is 1.87 bits per heavy atom. The Kier molecular flexibility index (Phi) is 6.64. The van der Waals surface area contributed by atoms with Crippen molar-refractivity contribution < 1.29 is 14.0 Å². The fourth-order valence-corrected chi connectivity index (χ4v) is 5.00. The first-order chi connectivity index (χ1) is 14.6. The minimum Gasteiger partial charge on any atom is -0.343 e. The maximum absolute atomic E-state index is 13.9. The van der Waals surface area contributed by atoms with Crippen LogP contribution < -0.4 is 5.32 Å². The zero-order valence-electron chi connectivity index (χ0n) is 16.7. The highest BCUT2D eigenvalue weighted by atomic mass is 32.2. The summed E-state index contributed by atoms with van der Waals surface area (Å²) in [5, 5.41) is 2.49. The Hall–Kier alpha value is -2.45. The Morgan fingerprint density at radius 3 is 2.57 bits per heavy atom. The molecule has 0 radical (unpaired) electrons. The van der Waals surface area contributed by atoms with Gasteiger partial charge < -0.3 is 10.2 Å². The Balaban J connectivity index is 1.26. The van der Waals surface area contributed by atoms with E-state index in [2.05, 4.69) is 15.2 Å². The van der Waals surface area contributed by atoms with Crippen molar-refractivity contribution >= 4 is 23.6 Å². The van der Waals surface area contributed by atoms with E-state index in [1.165, 1.54) is 23.4 Å². The van der Waals surface area contributed by atoms with Gasteiger partial charge in [-0.05, 0) is 35.7 Å². The number of aromatic nitrogens is 1. The lowest BCUT2D eigenvalue weighted by Gasteiger charge is -2.38. The van der Waals surface area contributed by atoms with Gasteiger partial charge in [0.25, 0.3) is 0 Å². The van der Waals surface area contributed by atoms with E-state index in [1.807, 2.05) is 17.0 Å². The predicted octanol–water partition coefficient (Wildman–Crippen LogP) is 1.71. The second-order valence-electron chi connectivity index (χ2n) is 7.64. The number of thioether (sulfide) groups is 1. The van der Waals surface area contributed by atoms with Gasteiger partial charge in [0.05, 0.1) is 5.25 Å². The minimum atomic E-state index is -0.508. The van der Waals surface area contributed by atoms with Crippen LogP contribution in [-0.2, 0) is 22.6 Å². The lowest BCUT2D eigenvalue weighted by molar-refractivity contribution is -0.137. The standard InChI is InChI=1S/C22H25FN4O2S/c23-18-4-2-1-3-17(18)13-20-21(28)25-19(15-30-20)22(29)27-11-9-26(10-12-27)14-16-5-7-24-8-6-16/h1-8,19-20H,9-15H2,(H,25,28)/t19-,20-/m1/s1. The molecular weight excluding hydrogens is 403 g/mol. The molecule has 3 heterocycles. The van der Waals surface area contributed by atoms with Crippen molar-refractivity contribution in [3.05, 3.63) is 65.7 Å². The lowest BCUT2D eigenvalue weighted by Crippen LogP contribution is -2.58. The normalized spacial score (nSPS) is 22.6. The molecule has 2 fully saturated rings. The van der Waals surface area contributed by atoms with Gasteiger partial charge in [-0.2, -0.15) is 0 Å². The number of rotatable bonds is 5. The van der Waals surface area contributed by atoms with Crippen molar-refractivity contribution in [3.8, 4) is 0 Å². The summed E-state index contributed by atoms with van der Waals surface area (Å²) in [5.74, 6) is 0.00246. The van der Waals surface area contributed by atoms with Gasteiger partial charge in [0.2, 0.25) is 11.8 Å². The second kappa shape index (κ2) is 9.57. The first-order valence-corrected chi connectivity index (χ1v) is 11.2. The number of carbonyl (C=O) groups is 2. The molecule has 2 aromatic rings. The summed E-state index contributed by atoms with van der Waals surface area (Å²) in [6.07, 6.45) is 3.91. The van der Waals surface area contributed by atoms with E-state index < -0.39 is 6.04 Å². The van der Waals surface area contributed by atoms with Crippen molar-refractivity contribution in [1.29, 1.82) is 0 Å². The molecule has 2 amide bonds. The number of halogens is 1. The number of piperazine rings is 1. The highest BCUT2D eigenvalue weighted by Gasteiger charge is 2.35. The highest BCUT2D eigenvalue weighted by molar-refractivity contribution is 8.00. The van der Waals surface area contributed by atoms with Crippen LogP contribution in [0.25, 0.3) is 0 Å². The lowest BCUT2D eigenvalue weighted by atomic mass is 10.1. The molecule has 8 heteroatoms. The Morgan fingerprint density at radius 1 is 1.13 bits per heavy atom. The maximum Gasteiger partial charge on any atom is 0.246 e. The number of hydrogen-bond donors (Lipinski definition) is 1. The van der Waals surface area contributed by atoms with E-state index in [0.29, 0.717) is 30.8 Å². The summed E-state index contributed by atoms with van der Waals surface area (Å²) >= 11 is 1.44. The molecule has 0 spiro atoms. The third-order valence-corrected chi connectivity index (χ3v) is 6.88. The first kappa shape index (κ1) is 20.8. The van der Waals surface area contributed by atoms with Crippen LogP contribution in [0.2, 0.25) is 0 Å². The van der Waals surface area contributed by atoms with E-state index in [4.69, 9.17) is 0 Å². The molecule has 2 aliphatic rings. The molecule has 1 aromatic heterocycles. The summed E-state index contributed by atoms with van der Waals surface area (Å²) in [4.78, 5) is 33.6. The fraction of sp³-hybridized carbons (Fsp3) is 0.409. The molecule has 0 saturated carbocycles. The van der Waals surface area contributed by atoms with E-state index in [9.17, 15) is 14.0 Å². The first-order valence-electron chi connectivity index (χ1n) is 10.2. The molecule has 2 atom stereocenters. The zero-order valence-corrected chi connectivity index (χ0v) is 17.5. The van der Waals surface area contributed by atoms with Crippen LogP contribution in [0.3, 0.4) is 0 Å². The topological polar surface area (TPSA) is 65.5 Å². The second-order valence-corrected chi connectivity index (χ2v) is 8.87. The van der Waals surface area contributed by atoms with E-state index in [0.717, 1.165) is 19.6 Å². The van der Waals surface area contributed by atoms with Crippen LogP contribution in [0.15, 0.2) is 48.8 Å². The number of benzene rings is 1. The van der Waals surface area contributed by atoms with Crippen molar-refractivity contribution in [2.75, 3.05) is 31.9 Å². The van der Waals surface area contributed by atoms with Gasteiger partial charge in [0, 0.05) is 50.9 Å². The molecular formula is C22H25FN4O2S. The van der Waals surface area contributed by atoms with Gasteiger partial charge in [0.15, 0.2) is 0 Å². The quantitative estimate of drug-likeness (QED) is 0.786. The van der Waals surface area contributed by atoms with Crippen LogP contribution in [0.1, 0.15) is 11.1 Å². The minimum absolute atomic E-state index is 0.0243. The van der Waals surface area contributed by atoms with Crippen LogP contribution >= 0.6 is 11.8 Å². The van der Waals surface area contributed by atoms with Crippen molar-refractivity contribution in [3.63, 3.8) is 0 Å². The average molecular weight is 429 g/mol. The Labute approximate surface area is 179 Å². The molecule has 0 aliphatic carbocycles. The molecule has 1 N–H and O–H groups in total. The van der Waals surface area contributed by atoms with Crippen molar-refractivity contribution in [2.24, 2.45) is 0 Å². The largest absolute Gasteiger partial charge is 0.343 e. The SMILES string of the molecule is O=C1N[C@@H](C(=O)N2CCN(Cc3ccncc3)CC2)CS[C@@H]1Cc1ccccc1F. The summed E-state index contributed by atoms with van der Waals surface area (Å²) in [6.45, 7) is 3.76. The van der Waals surface area contributed by atoms with Gasteiger partial charge in [-0.1, -0.05) is 18.2 Å². The van der Waals surface area contributed by atoms with Gasteiger partial charge in [-0.25, -0.2) is 4.39 Å².